The molecule has 0 aliphatic heterocycles. The van der Waals surface area contributed by atoms with Gasteiger partial charge in [0.25, 0.3) is 0 Å². The average Bonchev–Trinajstić information content (AvgIpc) is 3.07. The molecule has 1 aromatic carbocycles. The van der Waals surface area contributed by atoms with Crippen molar-refractivity contribution < 1.29 is 0 Å². The number of allylic oxidation sites excluding steroid dienone is 1. The van der Waals surface area contributed by atoms with Crippen LogP contribution in [-0.4, -0.2) is 4.98 Å². The van der Waals surface area contributed by atoms with Crippen LogP contribution in [0.25, 0.3) is 17.0 Å². The molecule has 1 heteroatoms. The van der Waals surface area contributed by atoms with Crippen molar-refractivity contribution >= 4 is 17.0 Å². The van der Waals surface area contributed by atoms with E-state index >= 15 is 0 Å². The first-order chi connectivity index (χ1) is 7.43. The lowest BCUT2D eigenvalue weighted by Gasteiger charge is -2.11. The van der Waals surface area contributed by atoms with E-state index in [2.05, 4.69) is 35.3 Å². The topological polar surface area (TPSA) is 12.9 Å². The van der Waals surface area contributed by atoms with Gasteiger partial charge in [-0.05, 0) is 29.9 Å². The van der Waals surface area contributed by atoms with Gasteiger partial charge in [0.05, 0.1) is 5.52 Å². The maximum absolute atomic E-state index is 4.50. The van der Waals surface area contributed by atoms with Gasteiger partial charge in [-0.3, -0.25) is 4.98 Å². The van der Waals surface area contributed by atoms with Gasteiger partial charge in [-0.15, -0.1) is 0 Å². The van der Waals surface area contributed by atoms with Crippen molar-refractivity contribution in [2.75, 3.05) is 0 Å². The number of hydrogen-bond acceptors (Lipinski definition) is 1. The van der Waals surface area contributed by atoms with E-state index in [1.165, 1.54) is 22.9 Å². The summed E-state index contributed by atoms with van der Waals surface area (Å²) >= 11 is 0. The Morgan fingerprint density at radius 3 is 3.20 bits per heavy atom. The molecule has 2 unspecified atom stereocenters. The Hall–Kier alpha value is -1.63. The van der Waals surface area contributed by atoms with Crippen LogP contribution >= 0.6 is 0 Å². The predicted octanol–water partition coefficient (Wildman–Crippen LogP) is 3.37. The number of aromatic nitrogens is 1. The molecule has 1 nitrogen and oxygen atoms in total. The van der Waals surface area contributed by atoms with E-state index in [9.17, 15) is 0 Å². The Kier molecular flexibility index (Phi) is 1.26. The summed E-state index contributed by atoms with van der Waals surface area (Å²) in [4.78, 5) is 4.50. The second-order valence-electron chi connectivity index (χ2n) is 4.51. The first-order valence-electron chi connectivity index (χ1n) is 5.49. The lowest BCUT2D eigenvalue weighted by atomic mass is 9.94. The molecular weight excluding hydrogens is 182 g/mol. The molecule has 4 rings (SSSR count). The highest BCUT2D eigenvalue weighted by molar-refractivity contribution is 5.89. The Bertz CT molecular complexity index is 583. The molecule has 0 N–H and O–H groups in total. The largest absolute Gasteiger partial charge is 0.256 e. The summed E-state index contributed by atoms with van der Waals surface area (Å²) in [7, 11) is 0. The van der Waals surface area contributed by atoms with Gasteiger partial charge in [0.15, 0.2) is 0 Å². The molecule has 0 saturated heterocycles. The van der Waals surface area contributed by atoms with Crippen LogP contribution < -0.4 is 0 Å². The van der Waals surface area contributed by atoms with Gasteiger partial charge in [0.1, 0.15) is 0 Å². The van der Waals surface area contributed by atoms with Crippen LogP contribution in [-0.2, 0) is 0 Å². The van der Waals surface area contributed by atoms with E-state index in [4.69, 9.17) is 0 Å². The van der Waals surface area contributed by atoms with Gasteiger partial charge in [0.2, 0.25) is 0 Å². The Morgan fingerprint density at radius 1 is 1.20 bits per heavy atom. The molecule has 2 aliphatic rings. The fraction of sp³-hybridized carbons (Fsp3) is 0.214. The highest BCUT2D eigenvalue weighted by Crippen LogP contribution is 2.53. The molecule has 0 bridgehead atoms. The molecule has 1 saturated carbocycles. The molecule has 1 heterocycles. The predicted molar refractivity (Wildman–Crippen MR) is 61.6 cm³/mol. The van der Waals surface area contributed by atoms with Gasteiger partial charge in [-0.2, -0.15) is 0 Å². The first kappa shape index (κ1) is 7.63. The number of hydrogen-bond donors (Lipinski definition) is 0. The summed E-state index contributed by atoms with van der Waals surface area (Å²) in [5.41, 5.74) is 4.03. The minimum absolute atomic E-state index is 0.788. The number of nitrogens with zero attached hydrogens (tertiary/aromatic N) is 1. The third kappa shape index (κ3) is 0.953. The molecule has 1 aromatic heterocycles. The smallest absolute Gasteiger partial charge is 0.0776 e. The van der Waals surface area contributed by atoms with E-state index < -0.39 is 0 Å². The van der Waals surface area contributed by atoms with Crippen molar-refractivity contribution in [2.45, 2.75) is 12.3 Å². The van der Waals surface area contributed by atoms with Crippen molar-refractivity contribution in [3.63, 3.8) is 0 Å². The quantitative estimate of drug-likeness (QED) is 0.625. The van der Waals surface area contributed by atoms with Crippen LogP contribution in [0, 0.1) is 5.92 Å². The van der Waals surface area contributed by atoms with Crippen LogP contribution in [0.1, 0.15) is 23.5 Å². The highest BCUT2D eigenvalue weighted by Gasteiger charge is 2.39. The fourth-order valence-corrected chi connectivity index (χ4v) is 2.69. The third-order valence-electron chi connectivity index (χ3n) is 3.60. The normalized spacial score (nSPS) is 26.1. The van der Waals surface area contributed by atoms with E-state index in [1.807, 2.05) is 12.3 Å². The number of fused-ring (bicyclic) bond motifs is 5. The second-order valence-corrected chi connectivity index (χ2v) is 4.51. The zero-order valence-electron chi connectivity index (χ0n) is 8.35. The van der Waals surface area contributed by atoms with E-state index in [-0.39, 0.29) is 0 Å². The minimum atomic E-state index is 0.788. The zero-order chi connectivity index (χ0) is 9.83. The summed E-state index contributed by atoms with van der Waals surface area (Å²) in [5, 5.41) is 1.25. The molecule has 0 spiro atoms. The molecule has 2 aromatic rings. The summed E-state index contributed by atoms with van der Waals surface area (Å²) in [6, 6.07) is 8.62. The van der Waals surface area contributed by atoms with Gasteiger partial charge in [0, 0.05) is 17.1 Å². The monoisotopic (exact) mass is 193 g/mol. The van der Waals surface area contributed by atoms with Crippen molar-refractivity contribution in [3.8, 4) is 0 Å². The van der Waals surface area contributed by atoms with Crippen LogP contribution in [0.5, 0.6) is 0 Å². The Morgan fingerprint density at radius 2 is 2.20 bits per heavy atom. The summed E-state index contributed by atoms with van der Waals surface area (Å²) < 4.78 is 0. The van der Waals surface area contributed by atoms with Crippen LogP contribution in [0.15, 0.2) is 36.5 Å². The summed E-state index contributed by atoms with van der Waals surface area (Å²) in [6.07, 6.45) is 7.83. The molecule has 2 atom stereocenters. The van der Waals surface area contributed by atoms with Crippen molar-refractivity contribution in [1.29, 1.82) is 0 Å². The van der Waals surface area contributed by atoms with E-state index in [0.29, 0.717) is 0 Å². The number of rotatable bonds is 0. The average molecular weight is 193 g/mol. The van der Waals surface area contributed by atoms with E-state index in [1.54, 1.807) is 0 Å². The number of benzene rings is 1. The van der Waals surface area contributed by atoms with Crippen molar-refractivity contribution in [1.82, 2.24) is 4.98 Å². The summed E-state index contributed by atoms with van der Waals surface area (Å²) in [5.74, 6) is 1.61. The Balaban J connectivity index is 2.13. The van der Waals surface area contributed by atoms with Crippen molar-refractivity contribution in [3.05, 3.63) is 47.7 Å². The third-order valence-corrected chi connectivity index (χ3v) is 3.60. The van der Waals surface area contributed by atoms with Crippen LogP contribution in [0.4, 0.5) is 0 Å². The maximum Gasteiger partial charge on any atom is 0.0776 e. The fourth-order valence-electron chi connectivity index (χ4n) is 2.69. The van der Waals surface area contributed by atoms with E-state index in [0.717, 1.165) is 17.4 Å². The van der Waals surface area contributed by atoms with Gasteiger partial charge in [-0.25, -0.2) is 0 Å². The molecule has 0 amide bonds. The van der Waals surface area contributed by atoms with Crippen LogP contribution in [0.2, 0.25) is 0 Å². The van der Waals surface area contributed by atoms with Crippen LogP contribution in [0.3, 0.4) is 0 Å². The maximum atomic E-state index is 4.50. The highest BCUT2D eigenvalue weighted by atomic mass is 14.7. The standard InChI is InChI=1S/C14H11N/c1-2-9-3-5-11-12(14(9)15-7-1)6-4-10-8-13(10)11/h1-7,10,13H,8H2. The zero-order valence-corrected chi connectivity index (χ0v) is 8.35. The molecule has 1 fully saturated rings. The SMILES string of the molecule is C1=CC2CC2c2ccc3cccnc3c21. The van der Waals surface area contributed by atoms with Gasteiger partial charge >= 0.3 is 0 Å². The second kappa shape index (κ2) is 2.48. The molecule has 0 radical (unpaired) electrons. The first-order valence-corrected chi connectivity index (χ1v) is 5.49. The number of pyridine rings is 1. The van der Waals surface area contributed by atoms with Crippen molar-refractivity contribution in [2.24, 2.45) is 5.92 Å². The minimum Gasteiger partial charge on any atom is -0.256 e. The Labute approximate surface area is 88.5 Å². The molecule has 2 aliphatic carbocycles. The van der Waals surface area contributed by atoms with Gasteiger partial charge < -0.3 is 0 Å². The lowest BCUT2D eigenvalue weighted by molar-refractivity contribution is 0.998. The molecular formula is C14H11N. The lowest BCUT2D eigenvalue weighted by Crippen LogP contribution is -1.94. The van der Waals surface area contributed by atoms with Gasteiger partial charge in [-0.1, -0.05) is 30.4 Å². The molecule has 72 valence electrons. The molecule has 15 heavy (non-hydrogen) atoms. The summed E-state index contributed by atoms with van der Waals surface area (Å²) in [6.45, 7) is 0.